The number of methoxy groups -OCH3 is 1. The minimum Gasteiger partial charge on any atom is -0.493 e. The van der Waals surface area contributed by atoms with Crippen LogP contribution in [0.3, 0.4) is 0 Å². The molecule has 3 aromatic heterocycles. The van der Waals surface area contributed by atoms with E-state index in [1.165, 1.54) is 7.05 Å². The summed E-state index contributed by atoms with van der Waals surface area (Å²) in [6, 6.07) is 21.0. The maximum absolute atomic E-state index is 13.3. The average molecular weight is 613 g/mol. The van der Waals surface area contributed by atoms with Gasteiger partial charge in [0.2, 0.25) is 10.0 Å². The molecule has 3 aromatic carbocycles. The zero-order valence-electron chi connectivity index (χ0n) is 24.1. The molecule has 6 rings (SSSR count). The molecule has 0 saturated heterocycles. The number of anilines is 1. The van der Waals surface area contributed by atoms with Gasteiger partial charge in [-0.3, -0.25) is 9.10 Å². The number of aryl methyl sites for hydroxylation is 1. The molecule has 0 radical (unpaired) electrons. The first kappa shape index (κ1) is 28.4. The van der Waals surface area contributed by atoms with Crippen molar-refractivity contribution in [2.45, 2.75) is 6.92 Å². The molecule has 11 heteroatoms. The van der Waals surface area contributed by atoms with Crippen molar-refractivity contribution in [3.63, 3.8) is 0 Å². The van der Waals surface area contributed by atoms with Gasteiger partial charge in [0, 0.05) is 41.4 Å². The molecule has 3 heterocycles. The molecule has 0 aliphatic carbocycles. The number of benzene rings is 3. The lowest BCUT2D eigenvalue weighted by molar-refractivity contribution is 0.0964. The number of rotatable bonds is 7. The van der Waals surface area contributed by atoms with Gasteiger partial charge in [-0.1, -0.05) is 48.0 Å². The molecule has 0 aliphatic heterocycles. The Morgan fingerprint density at radius 3 is 2.49 bits per heavy atom. The molecule has 0 unspecified atom stereocenters. The molecular weight excluding hydrogens is 585 g/mol. The van der Waals surface area contributed by atoms with Crippen LogP contribution >= 0.6 is 11.3 Å². The van der Waals surface area contributed by atoms with Crippen molar-refractivity contribution in [3.8, 4) is 39.0 Å². The third kappa shape index (κ3) is 5.10. The van der Waals surface area contributed by atoms with Crippen molar-refractivity contribution in [2.75, 3.05) is 31.8 Å². The molecule has 0 fully saturated rings. The second kappa shape index (κ2) is 10.8. The summed E-state index contributed by atoms with van der Waals surface area (Å²) in [5.41, 5.74) is 3.73. The first-order chi connectivity index (χ1) is 20.6. The van der Waals surface area contributed by atoms with Crippen LogP contribution < -0.4 is 14.4 Å². The highest BCUT2D eigenvalue weighted by Gasteiger charge is 2.27. The standard InChI is InChI=1S/C32H28N4O5S2/c1-18-10-12-19(13-11-18)30-28(32(37)33-2)22-15-21(23(16-24(22)41-30)36(3)43(5,38)39)31-34-17-25(40-4)29(35-31)27-14-20-8-6-7-9-26(20)42-27/h6-17H,1-5H3,(H,33,37). The van der Waals surface area contributed by atoms with E-state index >= 15 is 0 Å². The van der Waals surface area contributed by atoms with Crippen molar-refractivity contribution >= 4 is 54.0 Å². The number of thiophene rings is 1. The molecule has 9 nitrogen and oxygen atoms in total. The molecule has 0 saturated carbocycles. The summed E-state index contributed by atoms with van der Waals surface area (Å²) in [5.74, 6) is 0.777. The van der Waals surface area contributed by atoms with Crippen LogP contribution in [0.4, 0.5) is 5.69 Å². The van der Waals surface area contributed by atoms with Gasteiger partial charge < -0.3 is 14.5 Å². The van der Waals surface area contributed by atoms with Gasteiger partial charge in [-0.05, 0) is 30.5 Å². The third-order valence-electron chi connectivity index (χ3n) is 7.29. The van der Waals surface area contributed by atoms with E-state index in [2.05, 4.69) is 10.3 Å². The van der Waals surface area contributed by atoms with Crippen molar-refractivity contribution in [1.82, 2.24) is 15.3 Å². The number of aromatic nitrogens is 2. The summed E-state index contributed by atoms with van der Waals surface area (Å²) in [6.07, 6.45) is 2.69. The predicted octanol–water partition coefficient (Wildman–Crippen LogP) is 6.51. The van der Waals surface area contributed by atoms with Crippen LogP contribution in [0.25, 0.3) is 54.3 Å². The van der Waals surface area contributed by atoms with Crippen molar-refractivity contribution in [1.29, 1.82) is 0 Å². The Hall–Kier alpha value is -4.74. The Bertz CT molecular complexity index is 2100. The predicted molar refractivity (Wildman–Crippen MR) is 171 cm³/mol. The third-order valence-corrected chi connectivity index (χ3v) is 9.60. The number of furan rings is 1. The largest absolute Gasteiger partial charge is 0.493 e. The van der Waals surface area contributed by atoms with Crippen LogP contribution in [0.2, 0.25) is 0 Å². The number of carbonyl (C=O) groups excluding carboxylic acids is 1. The number of hydrogen-bond donors (Lipinski definition) is 1. The zero-order valence-corrected chi connectivity index (χ0v) is 25.8. The monoisotopic (exact) mass is 612 g/mol. The van der Waals surface area contributed by atoms with Gasteiger partial charge in [-0.25, -0.2) is 18.4 Å². The van der Waals surface area contributed by atoms with Crippen LogP contribution in [0.15, 0.2) is 77.3 Å². The maximum Gasteiger partial charge on any atom is 0.255 e. The molecule has 0 aliphatic rings. The highest BCUT2D eigenvalue weighted by molar-refractivity contribution is 7.92. The minimum atomic E-state index is -3.69. The van der Waals surface area contributed by atoms with Gasteiger partial charge >= 0.3 is 0 Å². The highest BCUT2D eigenvalue weighted by Crippen LogP contribution is 2.42. The molecule has 0 bridgehead atoms. The first-order valence-electron chi connectivity index (χ1n) is 13.3. The molecule has 218 valence electrons. The molecule has 0 spiro atoms. The fourth-order valence-corrected chi connectivity index (χ4v) is 6.50. The van der Waals surface area contributed by atoms with Crippen LogP contribution in [-0.4, -0.2) is 51.8 Å². The van der Waals surface area contributed by atoms with E-state index in [-0.39, 0.29) is 11.7 Å². The fraction of sp³-hybridized carbons (Fsp3) is 0.156. The number of fused-ring (bicyclic) bond motifs is 2. The molecule has 0 atom stereocenters. The van der Waals surface area contributed by atoms with Crippen molar-refractivity contribution < 1.29 is 22.4 Å². The number of amides is 1. The highest BCUT2D eigenvalue weighted by atomic mass is 32.2. The maximum atomic E-state index is 13.3. The smallest absolute Gasteiger partial charge is 0.255 e. The van der Waals surface area contributed by atoms with E-state index in [0.717, 1.165) is 31.1 Å². The summed E-state index contributed by atoms with van der Waals surface area (Å²) in [5, 5.41) is 4.28. The van der Waals surface area contributed by atoms with Crippen molar-refractivity contribution in [3.05, 3.63) is 84.1 Å². The Morgan fingerprint density at radius 1 is 1.07 bits per heavy atom. The Balaban J connectivity index is 1.64. The Morgan fingerprint density at radius 2 is 1.81 bits per heavy atom. The molecule has 43 heavy (non-hydrogen) atoms. The molecule has 6 aromatic rings. The van der Waals surface area contributed by atoms with E-state index in [9.17, 15) is 13.2 Å². The number of nitrogens with zero attached hydrogens (tertiary/aromatic N) is 3. The SMILES string of the molecule is CNC(=O)c1c(-c2ccc(C)cc2)oc2cc(N(C)S(C)(=O)=O)c(-c3ncc(OC)c(-c4cc5ccccc5s4)n3)cc12. The lowest BCUT2D eigenvalue weighted by atomic mass is 10.0. The Kier molecular flexibility index (Phi) is 7.15. The number of sulfonamides is 1. The summed E-state index contributed by atoms with van der Waals surface area (Å²) in [4.78, 5) is 23.6. The Labute approximate surface area is 252 Å². The van der Waals surface area contributed by atoms with Gasteiger partial charge in [0.1, 0.15) is 17.0 Å². The second-order valence-corrected chi connectivity index (χ2v) is 13.2. The molecular formula is C32H28N4O5S2. The first-order valence-corrected chi connectivity index (χ1v) is 16.0. The normalized spacial score (nSPS) is 11.7. The lowest BCUT2D eigenvalue weighted by Gasteiger charge is -2.20. The van der Waals surface area contributed by atoms with Crippen LogP contribution in [0.5, 0.6) is 5.75 Å². The molecule has 1 N–H and O–H groups in total. The second-order valence-electron chi connectivity index (χ2n) is 10.1. The van der Waals surface area contributed by atoms with Crippen LogP contribution in [0.1, 0.15) is 15.9 Å². The zero-order chi connectivity index (χ0) is 30.5. The van der Waals surface area contributed by atoms with Gasteiger partial charge in [0.05, 0.1) is 35.7 Å². The lowest BCUT2D eigenvalue weighted by Crippen LogP contribution is -2.25. The van der Waals surface area contributed by atoms with E-state index in [1.54, 1.807) is 43.8 Å². The van der Waals surface area contributed by atoms with Crippen molar-refractivity contribution in [2.24, 2.45) is 0 Å². The fourth-order valence-electron chi connectivity index (χ4n) is 4.93. The number of hydrogen-bond acceptors (Lipinski definition) is 8. The quantitative estimate of drug-likeness (QED) is 0.219. The van der Waals surface area contributed by atoms with E-state index in [4.69, 9.17) is 14.1 Å². The molecule has 1 amide bonds. The van der Waals surface area contributed by atoms with E-state index in [1.807, 2.05) is 61.5 Å². The van der Waals surface area contributed by atoms with Gasteiger partial charge in [-0.2, -0.15) is 0 Å². The van der Waals surface area contributed by atoms with Gasteiger partial charge in [-0.15, -0.1) is 11.3 Å². The number of carbonyl (C=O) groups is 1. The number of ether oxygens (including phenoxy) is 1. The number of nitrogens with one attached hydrogen (secondary N) is 1. The van der Waals surface area contributed by atoms with E-state index in [0.29, 0.717) is 50.6 Å². The topological polar surface area (TPSA) is 115 Å². The van der Waals surface area contributed by atoms with E-state index < -0.39 is 10.0 Å². The summed E-state index contributed by atoms with van der Waals surface area (Å²) in [7, 11) is 0.869. The van der Waals surface area contributed by atoms with Crippen LogP contribution in [-0.2, 0) is 10.0 Å². The average Bonchev–Trinajstić information content (AvgIpc) is 3.61. The van der Waals surface area contributed by atoms with Gasteiger partial charge in [0.25, 0.3) is 5.91 Å². The van der Waals surface area contributed by atoms with Gasteiger partial charge in [0.15, 0.2) is 11.6 Å². The summed E-state index contributed by atoms with van der Waals surface area (Å²) < 4.78 is 39.7. The minimum absolute atomic E-state index is 0.265. The van der Waals surface area contributed by atoms with Crippen LogP contribution in [0, 0.1) is 6.92 Å². The summed E-state index contributed by atoms with van der Waals surface area (Å²) >= 11 is 1.57. The summed E-state index contributed by atoms with van der Waals surface area (Å²) in [6.45, 7) is 1.98.